The summed E-state index contributed by atoms with van der Waals surface area (Å²) in [7, 11) is 2.09. The topological polar surface area (TPSA) is 129 Å². The van der Waals surface area contributed by atoms with Gasteiger partial charge in [0.2, 0.25) is 0 Å². The summed E-state index contributed by atoms with van der Waals surface area (Å²) in [5, 5.41) is 20.4. The average Bonchev–Trinajstić information content (AvgIpc) is 3.35. The Labute approximate surface area is 226 Å². The van der Waals surface area contributed by atoms with Gasteiger partial charge in [0, 0.05) is 11.6 Å². The number of urea groups is 1. The Hall–Kier alpha value is -4.10. The molecule has 39 heavy (non-hydrogen) atoms. The van der Waals surface area contributed by atoms with Crippen LogP contribution < -0.4 is 16.0 Å². The van der Waals surface area contributed by atoms with E-state index in [0.29, 0.717) is 22.0 Å². The number of carboxylic acids is 1. The van der Waals surface area contributed by atoms with E-state index in [1.165, 1.54) is 6.20 Å². The molecule has 1 saturated heterocycles. The number of aromatic nitrogens is 2. The molecule has 1 aliphatic rings. The maximum absolute atomic E-state index is 12.7. The molecule has 0 radical (unpaired) electrons. The SMILES string of the molecule is CN1CCC(NC(=O)c2cccc(-n3cc(NC(=O)Nc4ccccc4Cl)cn3)c2)CC1.O=C(O)C(F)(F)F. The third-order valence-corrected chi connectivity index (χ3v) is 5.96. The van der Waals surface area contributed by atoms with Gasteiger partial charge in [-0.2, -0.15) is 18.3 Å². The van der Waals surface area contributed by atoms with Gasteiger partial charge in [-0.15, -0.1) is 0 Å². The number of anilines is 2. The van der Waals surface area contributed by atoms with Crippen LogP contribution in [0.5, 0.6) is 0 Å². The van der Waals surface area contributed by atoms with Gasteiger partial charge in [0.15, 0.2) is 0 Å². The number of halogens is 4. The number of carbonyl (C=O) groups is 3. The van der Waals surface area contributed by atoms with Crippen molar-refractivity contribution in [3.63, 3.8) is 0 Å². The van der Waals surface area contributed by atoms with Crippen LogP contribution in [0.25, 0.3) is 5.69 Å². The lowest BCUT2D eigenvalue weighted by Crippen LogP contribution is -2.43. The molecule has 0 spiro atoms. The molecule has 0 atom stereocenters. The predicted molar refractivity (Wildman–Crippen MR) is 139 cm³/mol. The first-order chi connectivity index (χ1) is 18.4. The number of amides is 3. The van der Waals surface area contributed by atoms with E-state index in [0.717, 1.165) is 31.6 Å². The molecule has 2 heterocycles. The molecule has 1 aliphatic heterocycles. The fraction of sp³-hybridized carbons (Fsp3) is 0.280. The average molecular weight is 567 g/mol. The zero-order valence-corrected chi connectivity index (χ0v) is 21.5. The Morgan fingerprint density at radius 1 is 1.05 bits per heavy atom. The number of aliphatic carboxylic acids is 1. The number of carbonyl (C=O) groups excluding carboxylic acids is 2. The van der Waals surface area contributed by atoms with Crippen molar-refractivity contribution < 1.29 is 32.7 Å². The number of carboxylic acid groups (broad SMARTS) is 1. The van der Waals surface area contributed by atoms with Gasteiger partial charge in [-0.3, -0.25) is 4.79 Å². The van der Waals surface area contributed by atoms with Gasteiger partial charge < -0.3 is 26.0 Å². The van der Waals surface area contributed by atoms with E-state index in [4.69, 9.17) is 21.5 Å². The smallest absolute Gasteiger partial charge is 0.475 e. The van der Waals surface area contributed by atoms with Crippen molar-refractivity contribution in [3.05, 3.63) is 71.5 Å². The molecule has 3 aromatic rings. The Bertz CT molecular complexity index is 1310. The second kappa shape index (κ2) is 13.1. The highest BCUT2D eigenvalue weighted by Gasteiger charge is 2.38. The number of piperidine rings is 1. The standard InChI is InChI=1S/C23H25ClN6O2.C2HF3O2/c1-29-11-9-17(10-12-29)26-22(31)16-5-4-6-19(13-16)30-15-18(14-25-30)27-23(32)28-21-8-3-2-7-20(21)24;3-2(4,5)1(6)7/h2-8,13-15,17H,9-12H2,1H3,(H,26,31)(H2,27,28,32);(H,6,7). The molecule has 208 valence electrons. The normalized spacial score (nSPS) is 14.1. The van der Waals surface area contributed by atoms with Crippen molar-refractivity contribution >= 4 is 40.9 Å². The molecule has 0 unspecified atom stereocenters. The minimum Gasteiger partial charge on any atom is -0.475 e. The lowest BCUT2D eigenvalue weighted by molar-refractivity contribution is -0.192. The summed E-state index contributed by atoms with van der Waals surface area (Å²) in [5.74, 6) is -2.85. The number of nitrogens with zero attached hydrogens (tertiary/aromatic N) is 3. The number of benzene rings is 2. The lowest BCUT2D eigenvalue weighted by Gasteiger charge is -2.29. The van der Waals surface area contributed by atoms with Crippen LogP contribution in [0.2, 0.25) is 5.02 Å². The van der Waals surface area contributed by atoms with Gasteiger partial charge in [0.1, 0.15) is 0 Å². The highest BCUT2D eigenvalue weighted by Crippen LogP contribution is 2.21. The van der Waals surface area contributed by atoms with Crippen LogP contribution >= 0.6 is 11.6 Å². The second-order valence-electron chi connectivity index (χ2n) is 8.64. The molecule has 0 aliphatic carbocycles. The van der Waals surface area contributed by atoms with Crippen LogP contribution in [-0.4, -0.2) is 70.0 Å². The van der Waals surface area contributed by atoms with Crippen molar-refractivity contribution in [1.82, 2.24) is 20.0 Å². The van der Waals surface area contributed by atoms with E-state index in [2.05, 4.69) is 33.0 Å². The molecule has 2 aromatic carbocycles. The van der Waals surface area contributed by atoms with Crippen LogP contribution in [0.3, 0.4) is 0 Å². The molecule has 0 saturated carbocycles. The van der Waals surface area contributed by atoms with E-state index >= 15 is 0 Å². The minimum absolute atomic E-state index is 0.0916. The summed E-state index contributed by atoms with van der Waals surface area (Å²) >= 11 is 6.07. The quantitative estimate of drug-likeness (QED) is 0.356. The van der Waals surface area contributed by atoms with Gasteiger partial charge >= 0.3 is 18.2 Å². The first-order valence-corrected chi connectivity index (χ1v) is 12.1. The van der Waals surface area contributed by atoms with Crippen LogP contribution in [0.4, 0.5) is 29.3 Å². The maximum atomic E-state index is 12.7. The monoisotopic (exact) mass is 566 g/mol. The predicted octanol–water partition coefficient (Wildman–Crippen LogP) is 4.63. The van der Waals surface area contributed by atoms with Crippen molar-refractivity contribution in [3.8, 4) is 5.69 Å². The van der Waals surface area contributed by atoms with Crippen LogP contribution in [0.1, 0.15) is 23.2 Å². The highest BCUT2D eigenvalue weighted by atomic mass is 35.5. The van der Waals surface area contributed by atoms with E-state index in [1.54, 1.807) is 47.3 Å². The molecule has 4 rings (SSSR count). The molecule has 1 aromatic heterocycles. The van der Waals surface area contributed by atoms with Crippen LogP contribution in [0.15, 0.2) is 60.9 Å². The maximum Gasteiger partial charge on any atom is 0.490 e. The van der Waals surface area contributed by atoms with Gasteiger partial charge in [-0.1, -0.05) is 29.8 Å². The number of hydrogen-bond donors (Lipinski definition) is 4. The highest BCUT2D eigenvalue weighted by molar-refractivity contribution is 6.33. The molecular weight excluding hydrogens is 541 g/mol. The number of rotatable bonds is 5. The Balaban J connectivity index is 0.000000532. The van der Waals surface area contributed by atoms with Gasteiger partial charge in [0.25, 0.3) is 5.91 Å². The molecule has 4 N–H and O–H groups in total. The lowest BCUT2D eigenvalue weighted by atomic mass is 10.0. The Morgan fingerprint density at radius 2 is 1.72 bits per heavy atom. The van der Waals surface area contributed by atoms with Crippen molar-refractivity contribution in [2.75, 3.05) is 30.8 Å². The van der Waals surface area contributed by atoms with Crippen molar-refractivity contribution in [2.45, 2.75) is 25.1 Å². The van der Waals surface area contributed by atoms with Crippen molar-refractivity contribution in [1.29, 1.82) is 0 Å². The first kappa shape index (κ1) is 29.5. The molecule has 0 bridgehead atoms. The van der Waals surface area contributed by atoms with E-state index in [1.807, 2.05) is 12.1 Å². The summed E-state index contributed by atoms with van der Waals surface area (Å²) < 4.78 is 33.3. The van der Waals surface area contributed by atoms with E-state index in [9.17, 15) is 22.8 Å². The number of likely N-dealkylation sites (tertiary alicyclic amines) is 1. The van der Waals surface area contributed by atoms with Gasteiger partial charge in [0.05, 0.1) is 34.5 Å². The zero-order chi connectivity index (χ0) is 28.6. The number of alkyl halides is 3. The molecule has 14 heteroatoms. The van der Waals surface area contributed by atoms with Crippen LogP contribution in [-0.2, 0) is 4.79 Å². The summed E-state index contributed by atoms with van der Waals surface area (Å²) in [6, 6.07) is 14.0. The van der Waals surface area contributed by atoms with Crippen molar-refractivity contribution in [2.24, 2.45) is 0 Å². The fourth-order valence-corrected chi connectivity index (χ4v) is 3.77. The summed E-state index contributed by atoms with van der Waals surface area (Å²) in [5.41, 5.74) is 2.32. The summed E-state index contributed by atoms with van der Waals surface area (Å²) in [6.07, 6.45) is 0.0381. The second-order valence-corrected chi connectivity index (χ2v) is 9.04. The van der Waals surface area contributed by atoms with E-state index in [-0.39, 0.29) is 11.9 Å². The fourth-order valence-electron chi connectivity index (χ4n) is 3.59. The Kier molecular flexibility index (Phi) is 9.90. The minimum atomic E-state index is -5.08. The number of hydrogen-bond acceptors (Lipinski definition) is 5. The first-order valence-electron chi connectivity index (χ1n) is 11.7. The van der Waals surface area contributed by atoms with E-state index < -0.39 is 18.2 Å². The molecule has 3 amide bonds. The number of nitrogens with one attached hydrogen (secondary N) is 3. The molecule has 10 nitrogen and oxygen atoms in total. The third-order valence-electron chi connectivity index (χ3n) is 5.63. The zero-order valence-electron chi connectivity index (χ0n) is 20.7. The third kappa shape index (κ3) is 9.00. The molecular formula is C25H26ClF3N6O4. The van der Waals surface area contributed by atoms with Crippen LogP contribution in [0, 0.1) is 0 Å². The van der Waals surface area contributed by atoms with Gasteiger partial charge in [-0.05, 0) is 63.3 Å². The molecule has 1 fully saturated rings. The number of para-hydroxylation sites is 1. The van der Waals surface area contributed by atoms with Gasteiger partial charge in [-0.25, -0.2) is 14.3 Å². The largest absolute Gasteiger partial charge is 0.490 e. The summed E-state index contributed by atoms with van der Waals surface area (Å²) in [4.78, 5) is 36.1. The Morgan fingerprint density at radius 3 is 2.36 bits per heavy atom. The summed E-state index contributed by atoms with van der Waals surface area (Å²) in [6.45, 7) is 1.97.